The monoisotopic (exact) mass is 510 g/mol. The molecule has 0 saturated heterocycles. The van der Waals surface area contributed by atoms with E-state index in [1.165, 1.54) is 21.6 Å². The van der Waals surface area contributed by atoms with Crippen LogP contribution in [0.1, 0.15) is 0 Å². The highest BCUT2D eigenvalue weighted by atomic mass is 79.9. The molecule has 130 valence electrons. The molecule has 12 heteroatoms. The van der Waals surface area contributed by atoms with Crippen molar-refractivity contribution < 1.29 is 0 Å². The fourth-order valence-electron chi connectivity index (χ4n) is 2.02. The van der Waals surface area contributed by atoms with E-state index in [2.05, 4.69) is 62.9 Å². The summed E-state index contributed by atoms with van der Waals surface area (Å²) >= 11 is 6.84. The lowest BCUT2D eigenvalue weighted by Crippen LogP contribution is -1.99. The summed E-state index contributed by atoms with van der Waals surface area (Å²) in [7, 11) is 2.76. The molecule has 2 aromatic carbocycles. The molecule has 0 amide bonds. The zero-order chi connectivity index (χ0) is 17.9. The zero-order valence-electron chi connectivity index (χ0n) is 12.8. The van der Waals surface area contributed by atoms with E-state index in [4.69, 9.17) is 0 Å². The number of benzene rings is 2. The Bertz CT molecular complexity index is 932. The van der Waals surface area contributed by atoms with Crippen molar-refractivity contribution in [3.05, 3.63) is 57.5 Å². The van der Waals surface area contributed by atoms with Gasteiger partial charge < -0.3 is 0 Å². The molecule has 0 saturated carbocycles. The number of tetrazole rings is 2. The van der Waals surface area contributed by atoms with E-state index < -0.39 is 0 Å². The standard InChI is InChI=1S/C14H8Br2N8S2/c15-9-1-5-11(6-2-9)23-13(17-19-21-23)25-26-14-18-20-22-24(14)12-7-3-10(16)4-8-12/h1-8H. The normalized spacial score (nSPS) is 11.0. The quantitative estimate of drug-likeness (QED) is 0.372. The molecular weight excluding hydrogens is 504 g/mol. The molecule has 0 aliphatic heterocycles. The first kappa shape index (κ1) is 17.6. The minimum atomic E-state index is 0.627. The number of halogens is 2. The molecule has 0 aliphatic carbocycles. The van der Waals surface area contributed by atoms with Crippen molar-refractivity contribution in [2.24, 2.45) is 0 Å². The van der Waals surface area contributed by atoms with Crippen LogP contribution in [0.15, 0.2) is 67.8 Å². The summed E-state index contributed by atoms with van der Waals surface area (Å²) in [6, 6.07) is 15.5. The maximum Gasteiger partial charge on any atom is 0.225 e. The van der Waals surface area contributed by atoms with Gasteiger partial charge in [0.05, 0.1) is 11.4 Å². The molecule has 0 atom stereocenters. The van der Waals surface area contributed by atoms with Gasteiger partial charge in [0, 0.05) is 8.95 Å². The topological polar surface area (TPSA) is 87.2 Å². The van der Waals surface area contributed by atoms with Crippen LogP contribution in [0.3, 0.4) is 0 Å². The smallest absolute Gasteiger partial charge is 0.187 e. The number of hydrogen-bond donors (Lipinski definition) is 0. The molecule has 26 heavy (non-hydrogen) atoms. The lowest BCUT2D eigenvalue weighted by molar-refractivity contribution is 0.755. The van der Waals surface area contributed by atoms with Crippen LogP contribution in [0.2, 0.25) is 0 Å². The fraction of sp³-hybridized carbons (Fsp3) is 0. The highest BCUT2D eigenvalue weighted by Gasteiger charge is 2.14. The molecule has 0 bridgehead atoms. The van der Waals surface area contributed by atoms with Crippen molar-refractivity contribution in [2.75, 3.05) is 0 Å². The second kappa shape index (κ2) is 7.86. The van der Waals surface area contributed by atoms with Crippen molar-refractivity contribution in [3.8, 4) is 11.4 Å². The fourth-order valence-corrected chi connectivity index (χ4v) is 4.34. The van der Waals surface area contributed by atoms with Gasteiger partial charge in [-0.1, -0.05) is 31.9 Å². The molecule has 2 aromatic heterocycles. The molecule has 0 spiro atoms. The maximum atomic E-state index is 4.08. The van der Waals surface area contributed by atoms with Crippen molar-refractivity contribution in [1.82, 2.24) is 40.4 Å². The molecule has 8 nitrogen and oxygen atoms in total. The average molecular weight is 512 g/mol. The van der Waals surface area contributed by atoms with Crippen LogP contribution in [0.5, 0.6) is 0 Å². The van der Waals surface area contributed by atoms with E-state index in [1.807, 2.05) is 48.5 Å². The van der Waals surface area contributed by atoms with E-state index in [9.17, 15) is 0 Å². The van der Waals surface area contributed by atoms with Gasteiger partial charge in [0.25, 0.3) is 0 Å². The Morgan fingerprint density at radius 2 is 1.00 bits per heavy atom. The van der Waals surface area contributed by atoms with Gasteiger partial charge in [-0.3, -0.25) is 0 Å². The number of hydrogen-bond acceptors (Lipinski definition) is 8. The summed E-state index contributed by atoms with van der Waals surface area (Å²) in [6.07, 6.45) is 0. The molecule has 0 unspecified atom stereocenters. The van der Waals surface area contributed by atoms with Gasteiger partial charge in [0.1, 0.15) is 0 Å². The third-order valence-electron chi connectivity index (χ3n) is 3.21. The first-order valence-corrected chi connectivity index (χ1v) is 10.9. The Labute approximate surface area is 172 Å². The zero-order valence-corrected chi connectivity index (χ0v) is 17.6. The third kappa shape index (κ3) is 3.82. The van der Waals surface area contributed by atoms with Gasteiger partial charge in [-0.25, -0.2) is 0 Å². The van der Waals surface area contributed by atoms with E-state index in [0.29, 0.717) is 10.3 Å². The van der Waals surface area contributed by atoms with Crippen LogP contribution in [0.4, 0.5) is 0 Å². The highest BCUT2D eigenvalue weighted by molar-refractivity contribution is 9.10. The second-order valence-electron chi connectivity index (χ2n) is 4.87. The molecule has 4 rings (SSSR count). The Morgan fingerprint density at radius 3 is 1.38 bits per heavy atom. The molecule has 4 aromatic rings. The summed E-state index contributed by atoms with van der Waals surface area (Å²) in [5, 5.41) is 25.0. The molecule has 0 aliphatic rings. The molecule has 0 radical (unpaired) electrons. The highest BCUT2D eigenvalue weighted by Crippen LogP contribution is 2.36. The minimum Gasteiger partial charge on any atom is -0.187 e. The summed E-state index contributed by atoms with van der Waals surface area (Å²) in [6.45, 7) is 0. The van der Waals surface area contributed by atoms with Crippen molar-refractivity contribution in [1.29, 1.82) is 0 Å². The summed E-state index contributed by atoms with van der Waals surface area (Å²) < 4.78 is 5.31. The van der Waals surface area contributed by atoms with E-state index in [-0.39, 0.29) is 0 Å². The Balaban J connectivity index is 1.54. The summed E-state index contributed by atoms with van der Waals surface area (Å²) in [5.74, 6) is 0. The first-order valence-electron chi connectivity index (χ1n) is 7.14. The van der Waals surface area contributed by atoms with Crippen molar-refractivity contribution >= 4 is 53.4 Å². The van der Waals surface area contributed by atoms with Crippen LogP contribution < -0.4 is 0 Å². The number of aromatic nitrogens is 8. The lowest BCUT2D eigenvalue weighted by Gasteiger charge is -2.05. The molecule has 0 fully saturated rings. The molecular formula is C14H8Br2N8S2. The van der Waals surface area contributed by atoms with Crippen LogP contribution in [0, 0.1) is 0 Å². The van der Waals surface area contributed by atoms with E-state index in [0.717, 1.165) is 20.3 Å². The average Bonchev–Trinajstić information content (AvgIpc) is 3.30. The van der Waals surface area contributed by atoms with E-state index >= 15 is 0 Å². The van der Waals surface area contributed by atoms with Gasteiger partial charge in [-0.2, -0.15) is 9.36 Å². The Kier molecular flexibility index (Phi) is 5.33. The first-order chi connectivity index (χ1) is 12.7. The number of rotatable bonds is 5. The Hall–Kier alpha value is -1.76. The molecule has 2 heterocycles. The van der Waals surface area contributed by atoms with Crippen molar-refractivity contribution in [2.45, 2.75) is 10.3 Å². The predicted octanol–water partition coefficient (Wildman–Crippen LogP) is 3.96. The SMILES string of the molecule is Brc1ccc(-n2nnnc2SSc2nnnn2-c2ccc(Br)cc2)cc1. The lowest BCUT2D eigenvalue weighted by atomic mass is 10.3. The Morgan fingerprint density at radius 1 is 0.615 bits per heavy atom. The van der Waals surface area contributed by atoms with Crippen LogP contribution >= 0.6 is 53.4 Å². The van der Waals surface area contributed by atoms with Gasteiger partial charge >= 0.3 is 0 Å². The van der Waals surface area contributed by atoms with E-state index in [1.54, 1.807) is 9.36 Å². The summed E-state index contributed by atoms with van der Waals surface area (Å²) in [5.41, 5.74) is 1.74. The minimum absolute atomic E-state index is 0.627. The largest absolute Gasteiger partial charge is 0.225 e. The second-order valence-corrected chi connectivity index (χ2v) is 8.76. The van der Waals surface area contributed by atoms with Gasteiger partial charge in [0.15, 0.2) is 0 Å². The van der Waals surface area contributed by atoms with Gasteiger partial charge in [-0.15, -0.1) is 10.2 Å². The summed E-state index contributed by atoms with van der Waals surface area (Å²) in [4.78, 5) is 0. The van der Waals surface area contributed by atoms with Gasteiger partial charge in [-0.05, 0) is 91.0 Å². The maximum absolute atomic E-state index is 4.08. The number of nitrogens with zero attached hydrogens (tertiary/aromatic N) is 8. The van der Waals surface area contributed by atoms with Gasteiger partial charge in [0.2, 0.25) is 10.3 Å². The third-order valence-corrected chi connectivity index (χ3v) is 6.31. The van der Waals surface area contributed by atoms with Crippen molar-refractivity contribution in [3.63, 3.8) is 0 Å². The van der Waals surface area contributed by atoms with Crippen LogP contribution in [-0.4, -0.2) is 40.4 Å². The molecule has 0 N–H and O–H groups in total. The predicted molar refractivity (Wildman–Crippen MR) is 105 cm³/mol. The van der Waals surface area contributed by atoms with Crippen LogP contribution in [0.25, 0.3) is 11.4 Å². The van der Waals surface area contributed by atoms with Crippen LogP contribution in [-0.2, 0) is 0 Å².